The van der Waals surface area contributed by atoms with Gasteiger partial charge in [0.1, 0.15) is 0 Å². The number of hydrogen-bond acceptors (Lipinski definition) is 3. The number of amides is 1. The van der Waals surface area contributed by atoms with Gasteiger partial charge in [-0.05, 0) is 36.2 Å². The van der Waals surface area contributed by atoms with E-state index in [-0.39, 0.29) is 11.5 Å². The van der Waals surface area contributed by atoms with E-state index in [1.165, 1.54) is 6.07 Å². The van der Waals surface area contributed by atoms with Gasteiger partial charge in [-0.25, -0.2) is 0 Å². The Bertz CT molecular complexity index is 1020. The molecule has 4 rings (SSSR count). The molecule has 28 heavy (non-hydrogen) atoms. The number of carbonyl (C=O) groups is 1. The Morgan fingerprint density at radius 1 is 0.857 bits per heavy atom. The van der Waals surface area contributed by atoms with Crippen molar-refractivity contribution in [3.63, 3.8) is 0 Å². The van der Waals surface area contributed by atoms with Crippen LogP contribution >= 0.6 is 0 Å². The second kappa shape index (κ2) is 9.65. The molecule has 2 N–H and O–H groups in total. The molecule has 1 aliphatic rings. The van der Waals surface area contributed by atoms with Gasteiger partial charge in [0.25, 0.3) is 5.91 Å². The molecule has 146 valence electrons. The number of H-pyrrole nitrogens is 1. The number of rotatable bonds is 2. The molecule has 5 nitrogen and oxygen atoms in total. The van der Waals surface area contributed by atoms with E-state index in [4.69, 9.17) is 0 Å². The first-order valence-electron chi connectivity index (χ1n) is 9.70. The predicted molar refractivity (Wildman–Crippen MR) is 114 cm³/mol. The highest BCUT2D eigenvalue weighted by molar-refractivity contribution is 5.99. The van der Waals surface area contributed by atoms with E-state index in [0.717, 1.165) is 39.2 Å². The second-order valence-electron chi connectivity index (χ2n) is 5.83. The maximum absolute atomic E-state index is 11.8. The van der Waals surface area contributed by atoms with Gasteiger partial charge in [-0.3, -0.25) is 14.6 Å². The molecule has 0 aliphatic carbocycles. The number of aromatic nitrogens is 2. The number of nitrogens with zero attached hydrogens (tertiary/aromatic N) is 1. The Hall–Kier alpha value is -3.21. The van der Waals surface area contributed by atoms with E-state index in [1.807, 2.05) is 71.0 Å². The van der Waals surface area contributed by atoms with E-state index < -0.39 is 0 Å². The van der Waals surface area contributed by atoms with Crippen LogP contribution in [0.4, 0.5) is 0 Å². The number of hydrogen-bond donors (Lipinski definition) is 2. The fourth-order valence-electron chi connectivity index (χ4n) is 3.01. The largest absolute Gasteiger partial charge is 0.348 e. The van der Waals surface area contributed by atoms with Crippen molar-refractivity contribution in [3.8, 4) is 22.4 Å². The minimum atomic E-state index is -0.152. The smallest absolute Gasteiger partial charge is 0.251 e. The molecule has 0 atom stereocenters. The molecular weight excluding hydrogens is 350 g/mol. The highest BCUT2D eigenvalue weighted by atomic mass is 16.2. The molecule has 1 amide bonds. The Balaban J connectivity index is 0.000000660. The third kappa shape index (κ3) is 4.36. The minimum absolute atomic E-state index is 0.0300. The van der Waals surface area contributed by atoms with Crippen LogP contribution < -0.4 is 10.9 Å². The summed E-state index contributed by atoms with van der Waals surface area (Å²) in [4.78, 5) is 30.5. The second-order valence-corrected chi connectivity index (χ2v) is 5.83. The maximum Gasteiger partial charge on any atom is 0.251 e. The zero-order valence-corrected chi connectivity index (χ0v) is 17.1. The number of aryl methyl sites for hydroxylation is 1. The van der Waals surface area contributed by atoms with E-state index >= 15 is 0 Å². The molecule has 0 spiro atoms. The van der Waals surface area contributed by atoms with Crippen molar-refractivity contribution in [3.05, 3.63) is 75.8 Å². The number of fused-ring (bicyclic) bond motifs is 1. The molecule has 5 heteroatoms. The fourth-order valence-corrected chi connectivity index (χ4v) is 3.01. The van der Waals surface area contributed by atoms with E-state index in [2.05, 4.69) is 15.3 Å². The van der Waals surface area contributed by atoms with Gasteiger partial charge in [-0.2, -0.15) is 0 Å². The van der Waals surface area contributed by atoms with Gasteiger partial charge >= 0.3 is 0 Å². The van der Waals surface area contributed by atoms with Gasteiger partial charge in [0.2, 0.25) is 5.56 Å². The highest BCUT2D eigenvalue weighted by Gasteiger charge is 2.19. The highest BCUT2D eigenvalue weighted by Crippen LogP contribution is 2.28. The summed E-state index contributed by atoms with van der Waals surface area (Å²) in [6, 6.07) is 13.1. The third-order valence-corrected chi connectivity index (χ3v) is 4.26. The van der Waals surface area contributed by atoms with E-state index in [9.17, 15) is 9.59 Å². The number of nitrogens with one attached hydrogen (secondary N) is 2. The molecule has 0 saturated heterocycles. The quantitative estimate of drug-likeness (QED) is 0.679. The first-order chi connectivity index (χ1) is 13.6. The molecule has 3 heterocycles. The van der Waals surface area contributed by atoms with Crippen molar-refractivity contribution in [1.29, 1.82) is 0 Å². The number of carbonyl (C=O) groups excluding carboxylic acids is 1. The summed E-state index contributed by atoms with van der Waals surface area (Å²) in [6.45, 7) is 10.5. The van der Waals surface area contributed by atoms with Crippen LogP contribution in [0.25, 0.3) is 22.4 Å². The van der Waals surface area contributed by atoms with E-state index in [0.29, 0.717) is 6.54 Å². The number of aromatic amines is 1. The SMILES string of the molecule is CC.CC.Cc1nc(-c2cc[nH]c(=O)c2)ccc1-c1ccc2c(c1)C(=O)NC2. The summed E-state index contributed by atoms with van der Waals surface area (Å²) in [5.41, 5.74) is 5.93. The van der Waals surface area contributed by atoms with Crippen LogP contribution in [0.2, 0.25) is 0 Å². The molecule has 0 radical (unpaired) electrons. The zero-order chi connectivity index (χ0) is 20.7. The number of benzene rings is 1. The lowest BCUT2D eigenvalue weighted by molar-refractivity contribution is 0.0966. The molecule has 0 bridgehead atoms. The van der Waals surface area contributed by atoms with Crippen LogP contribution in [0.5, 0.6) is 0 Å². The van der Waals surface area contributed by atoms with Crippen molar-refractivity contribution in [2.45, 2.75) is 41.2 Å². The fraction of sp³-hybridized carbons (Fsp3) is 0.261. The van der Waals surface area contributed by atoms with Gasteiger partial charge in [0.15, 0.2) is 0 Å². The molecule has 0 saturated carbocycles. The normalized spacial score (nSPS) is 11.4. The Labute approximate surface area is 165 Å². The topological polar surface area (TPSA) is 74.8 Å². The van der Waals surface area contributed by atoms with Crippen LogP contribution in [-0.2, 0) is 6.54 Å². The van der Waals surface area contributed by atoms with Crippen LogP contribution in [0.1, 0.15) is 49.3 Å². The van der Waals surface area contributed by atoms with Crippen LogP contribution in [0, 0.1) is 6.92 Å². The first-order valence-corrected chi connectivity index (χ1v) is 9.70. The summed E-state index contributed by atoms with van der Waals surface area (Å²) in [6.07, 6.45) is 1.61. The molecule has 0 fully saturated rings. The predicted octanol–water partition coefficient (Wildman–Crippen LogP) is 4.71. The summed E-state index contributed by atoms with van der Waals surface area (Å²) in [5, 5.41) is 2.83. The standard InChI is InChI=1S/C19H15N3O2.2C2H6/c1-11-15(12-2-3-14-10-21-19(24)16(14)8-12)4-5-17(22-11)13-6-7-20-18(23)9-13;2*1-2/h2-9H,10H2,1H3,(H,20,23)(H,21,24);2*1-2H3. The average Bonchev–Trinajstić information content (AvgIpc) is 3.11. The molecule has 0 unspecified atom stereocenters. The van der Waals surface area contributed by atoms with Crippen LogP contribution in [0.15, 0.2) is 53.5 Å². The van der Waals surface area contributed by atoms with E-state index in [1.54, 1.807) is 6.20 Å². The summed E-state index contributed by atoms with van der Waals surface area (Å²) >= 11 is 0. The lowest BCUT2D eigenvalue weighted by Gasteiger charge is -2.09. The maximum atomic E-state index is 11.8. The minimum Gasteiger partial charge on any atom is -0.348 e. The molecule has 1 aromatic carbocycles. The van der Waals surface area contributed by atoms with Crippen molar-refractivity contribution < 1.29 is 4.79 Å². The molecule has 1 aliphatic heterocycles. The Kier molecular flexibility index (Phi) is 7.27. The Morgan fingerprint density at radius 3 is 2.29 bits per heavy atom. The Morgan fingerprint density at radius 2 is 1.61 bits per heavy atom. The van der Waals surface area contributed by atoms with Gasteiger partial charge < -0.3 is 10.3 Å². The molecule has 3 aromatic rings. The monoisotopic (exact) mass is 377 g/mol. The first kappa shape index (κ1) is 21.1. The summed E-state index contributed by atoms with van der Waals surface area (Å²) in [7, 11) is 0. The summed E-state index contributed by atoms with van der Waals surface area (Å²) in [5.74, 6) is -0.0300. The van der Waals surface area contributed by atoms with Crippen LogP contribution in [0.3, 0.4) is 0 Å². The van der Waals surface area contributed by atoms with Crippen molar-refractivity contribution in [1.82, 2.24) is 15.3 Å². The van der Waals surface area contributed by atoms with Gasteiger partial charge in [-0.1, -0.05) is 45.9 Å². The lowest BCUT2D eigenvalue weighted by atomic mass is 9.98. The zero-order valence-electron chi connectivity index (χ0n) is 17.1. The van der Waals surface area contributed by atoms with Crippen molar-refractivity contribution >= 4 is 5.91 Å². The van der Waals surface area contributed by atoms with Crippen molar-refractivity contribution in [2.24, 2.45) is 0 Å². The molecular formula is C23H27N3O2. The van der Waals surface area contributed by atoms with Gasteiger partial charge in [0.05, 0.1) is 5.69 Å². The van der Waals surface area contributed by atoms with Crippen LogP contribution in [-0.4, -0.2) is 15.9 Å². The average molecular weight is 377 g/mol. The molecule has 2 aromatic heterocycles. The lowest BCUT2D eigenvalue weighted by Crippen LogP contribution is -2.12. The third-order valence-electron chi connectivity index (χ3n) is 4.26. The van der Waals surface area contributed by atoms with Gasteiger partial charge in [0, 0.05) is 41.2 Å². The van der Waals surface area contributed by atoms with Gasteiger partial charge in [-0.15, -0.1) is 0 Å². The summed E-state index contributed by atoms with van der Waals surface area (Å²) < 4.78 is 0. The van der Waals surface area contributed by atoms with Crippen molar-refractivity contribution in [2.75, 3.05) is 0 Å². The number of pyridine rings is 2.